The summed E-state index contributed by atoms with van der Waals surface area (Å²) in [7, 11) is 0. The van der Waals surface area contributed by atoms with Gasteiger partial charge in [-0.1, -0.05) is 0 Å². The molecule has 1 rings (SSSR count). The van der Waals surface area contributed by atoms with Crippen LogP contribution in [-0.4, -0.2) is 4.98 Å². The van der Waals surface area contributed by atoms with E-state index in [-0.39, 0.29) is 0 Å². The summed E-state index contributed by atoms with van der Waals surface area (Å²) in [5, 5.41) is 0. The topological polar surface area (TPSA) is 26.0 Å². The number of hydrogen-bond donors (Lipinski definition) is 0. The molecule has 0 radical (unpaired) electrons. The molecule has 1 heterocycles. The summed E-state index contributed by atoms with van der Waals surface area (Å²) in [5.74, 6) is 0.911. The van der Waals surface area contributed by atoms with Gasteiger partial charge in [-0.15, -0.1) is 0 Å². The lowest BCUT2D eigenvalue weighted by atomic mass is 10.4. The summed E-state index contributed by atoms with van der Waals surface area (Å²) in [4.78, 5) is 4.03. The Hall–Kier alpha value is -0.0600. The Bertz CT molecular complexity index is 175. The van der Waals surface area contributed by atoms with Gasteiger partial charge in [0.25, 0.3) is 3.90 Å². The van der Waals surface area contributed by atoms with Gasteiger partial charge in [0.2, 0.25) is 0 Å². The first-order valence-corrected chi connectivity index (χ1v) is 3.37. The molecule has 1 aromatic rings. The Labute approximate surface area is 61.4 Å². The van der Waals surface area contributed by atoms with Crippen molar-refractivity contribution in [3.63, 3.8) is 0 Å². The minimum Gasteiger partial charge on any atom is -0.437 e. The quantitative estimate of drug-likeness (QED) is 0.627. The molecular formula is C5H6INO. The monoisotopic (exact) mass is 223 g/mol. The smallest absolute Gasteiger partial charge is 0.257 e. The summed E-state index contributed by atoms with van der Waals surface area (Å²) in [6.07, 6.45) is 0. The highest BCUT2D eigenvalue weighted by atomic mass is 127. The van der Waals surface area contributed by atoms with Crippen molar-refractivity contribution in [3.05, 3.63) is 15.4 Å². The van der Waals surface area contributed by atoms with Crippen molar-refractivity contribution in [2.75, 3.05) is 0 Å². The van der Waals surface area contributed by atoms with E-state index in [0.717, 1.165) is 15.4 Å². The average molecular weight is 223 g/mol. The van der Waals surface area contributed by atoms with E-state index < -0.39 is 0 Å². The van der Waals surface area contributed by atoms with Crippen LogP contribution in [0.3, 0.4) is 0 Å². The van der Waals surface area contributed by atoms with E-state index >= 15 is 0 Å². The van der Waals surface area contributed by atoms with E-state index in [1.54, 1.807) is 0 Å². The maximum absolute atomic E-state index is 5.09. The number of aryl methyl sites for hydroxylation is 2. The SMILES string of the molecule is Cc1nc(I)oc1C. The Morgan fingerprint density at radius 1 is 1.50 bits per heavy atom. The van der Waals surface area contributed by atoms with Crippen LogP contribution in [0.5, 0.6) is 0 Å². The fourth-order valence-corrected chi connectivity index (χ4v) is 1.13. The highest BCUT2D eigenvalue weighted by Gasteiger charge is 1.98. The van der Waals surface area contributed by atoms with Crippen LogP contribution in [-0.2, 0) is 0 Å². The standard InChI is InChI=1S/C5H6INO/c1-3-4(2)8-5(6)7-3/h1-2H3. The van der Waals surface area contributed by atoms with E-state index in [1.165, 1.54) is 0 Å². The normalized spacial score (nSPS) is 9.88. The van der Waals surface area contributed by atoms with Gasteiger partial charge in [0.05, 0.1) is 5.69 Å². The average Bonchev–Trinajstić information content (AvgIpc) is 1.85. The molecule has 1 aromatic heterocycles. The number of rotatable bonds is 0. The molecule has 0 saturated carbocycles. The minimum atomic E-state index is 0.720. The van der Waals surface area contributed by atoms with Gasteiger partial charge in [-0.2, -0.15) is 0 Å². The van der Waals surface area contributed by atoms with Crippen LogP contribution >= 0.6 is 22.6 Å². The molecule has 8 heavy (non-hydrogen) atoms. The van der Waals surface area contributed by atoms with E-state index in [0.29, 0.717) is 0 Å². The van der Waals surface area contributed by atoms with Gasteiger partial charge in [-0.25, -0.2) is 4.98 Å². The molecule has 0 aliphatic heterocycles. The first kappa shape index (κ1) is 6.07. The van der Waals surface area contributed by atoms with Gasteiger partial charge in [-0.05, 0) is 13.8 Å². The van der Waals surface area contributed by atoms with E-state index in [9.17, 15) is 0 Å². The van der Waals surface area contributed by atoms with Gasteiger partial charge in [0.1, 0.15) is 5.76 Å². The molecule has 0 spiro atoms. The Kier molecular flexibility index (Phi) is 1.55. The summed E-state index contributed by atoms with van der Waals surface area (Å²) in [5.41, 5.74) is 0.981. The molecule has 0 bridgehead atoms. The second kappa shape index (κ2) is 2.05. The van der Waals surface area contributed by atoms with Crippen LogP contribution in [0, 0.1) is 17.7 Å². The van der Waals surface area contributed by atoms with Crippen molar-refractivity contribution in [1.29, 1.82) is 0 Å². The number of halogens is 1. The highest BCUT2D eigenvalue weighted by Crippen LogP contribution is 2.09. The van der Waals surface area contributed by atoms with Crippen molar-refractivity contribution < 1.29 is 4.42 Å². The molecule has 0 atom stereocenters. The molecule has 0 aliphatic carbocycles. The second-order valence-electron chi connectivity index (χ2n) is 1.61. The van der Waals surface area contributed by atoms with E-state index in [4.69, 9.17) is 4.42 Å². The molecule has 0 unspecified atom stereocenters. The van der Waals surface area contributed by atoms with Gasteiger partial charge in [0, 0.05) is 22.6 Å². The number of nitrogens with zero attached hydrogens (tertiary/aromatic N) is 1. The molecule has 3 heteroatoms. The Morgan fingerprint density at radius 2 is 2.12 bits per heavy atom. The molecule has 0 N–H and O–H groups in total. The van der Waals surface area contributed by atoms with Gasteiger partial charge in [0.15, 0.2) is 0 Å². The molecular weight excluding hydrogens is 217 g/mol. The van der Waals surface area contributed by atoms with Crippen LogP contribution in [0.25, 0.3) is 0 Å². The summed E-state index contributed by atoms with van der Waals surface area (Å²) in [6, 6.07) is 0. The van der Waals surface area contributed by atoms with Crippen molar-refractivity contribution in [2.24, 2.45) is 0 Å². The van der Waals surface area contributed by atoms with Crippen LogP contribution in [0.2, 0.25) is 0 Å². The predicted octanol–water partition coefficient (Wildman–Crippen LogP) is 1.90. The highest BCUT2D eigenvalue weighted by molar-refractivity contribution is 14.1. The maximum atomic E-state index is 5.09. The Morgan fingerprint density at radius 3 is 2.25 bits per heavy atom. The molecule has 0 aliphatic rings. The van der Waals surface area contributed by atoms with Crippen LogP contribution in [0.15, 0.2) is 4.42 Å². The molecule has 0 saturated heterocycles. The van der Waals surface area contributed by atoms with Crippen LogP contribution < -0.4 is 0 Å². The van der Waals surface area contributed by atoms with Crippen molar-refractivity contribution in [3.8, 4) is 0 Å². The number of oxazole rings is 1. The van der Waals surface area contributed by atoms with E-state index in [1.807, 2.05) is 36.4 Å². The lowest BCUT2D eigenvalue weighted by Gasteiger charge is -1.76. The number of aromatic nitrogens is 1. The fourth-order valence-electron chi connectivity index (χ4n) is 0.434. The summed E-state index contributed by atoms with van der Waals surface area (Å²) in [6.45, 7) is 3.84. The van der Waals surface area contributed by atoms with Crippen LogP contribution in [0.1, 0.15) is 11.5 Å². The third-order valence-corrected chi connectivity index (χ3v) is 1.46. The second-order valence-corrected chi connectivity index (χ2v) is 2.53. The maximum Gasteiger partial charge on any atom is 0.257 e. The fraction of sp³-hybridized carbons (Fsp3) is 0.400. The van der Waals surface area contributed by atoms with E-state index in [2.05, 4.69) is 4.98 Å². The Balaban J connectivity index is 3.14. The number of hydrogen-bond acceptors (Lipinski definition) is 2. The zero-order valence-corrected chi connectivity index (χ0v) is 6.89. The zero-order valence-electron chi connectivity index (χ0n) is 4.73. The largest absolute Gasteiger partial charge is 0.437 e. The molecule has 0 amide bonds. The lowest BCUT2D eigenvalue weighted by molar-refractivity contribution is 0.496. The van der Waals surface area contributed by atoms with Crippen molar-refractivity contribution in [1.82, 2.24) is 4.98 Å². The first-order valence-electron chi connectivity index (χ1n) is 2.29. The summed E-state index contributed by atoms with van der Waals surface area (Å²) >= 11 is 2.05. The lowest BCUT2D eigenvalue weighted by Crippen LogP contribution is -1.71. The van der Waals surface area contributed by atoms with Crippen molar-refractivity contribution in [2.45, 2.75) is 13.8 Å². The van der Waals surface area contributed by atoms with Gasteiger partial charge >= 0.3 is 0 Å². The van der Waals surface area contributed by atoms with Crippen LogP contribution in [0.4, 0.5) is 0 Å². The summed E-state index contributed by atoms with van der Waals surface area (Å²) < 4.78 is 5.81. The van der Waals surface area contributed by atoms with Gasteiger partial charge < -0.3 is 4.42 Å². The third kappa shape index (κ3) is 1.02. The zero-order chi connectivity index (χ0) is 6.15. The first-order chi connectivity index (χ1) is 3.70. The minimum absolute atomic E-state index is 0.720. The van der Waals surface area contributed by atoms with Crippen molar-refractivity contribution >= 4 is 22.6 Å². The molecule has 0 fully saturated rings. The predicted molar refractivity (Wildman–Crippen MR) is 38.7 cm³/mol. The molecule has 44 valence electrons. The molecule has 2 nitrogen and oxygen atoms in total. The van der Waals surface area contributed by atoms with Gasteiger partial charge in [-0.3, -0.25) is 0 Å². The molecule has 0 aromatic carbocycles. The third-order valence-electron chi connectivity index (χ3n) is 1.00.